The first-order valence-corrected chi connectivity index (χ1v) is 8.80. The van der Waals surface area contributed by atoms with Gasteiger partial charge in [0, 0.05) is 58.6 Å². The number of sulfonamides is 1. The zero-order valence-electron chi connectivity index (χ0n) is 15.5. The van der Waals surface area contributed by atoms with Gasteiger partial charge in [0.2, 0.25) is 0 Å². The molecule has 0 atom stereocenters. The van der Waals surface area contributed by atoms with Gasteiger partial charge in [-0.05, 0) is 12.5 Å². The summed E-state index contributed by atoms with van der Waals surface area (Å²) in [4.78, 5) is -0.102. The van der Waals surface area contributed by atoms with Crippen molar-refractivity contribution >= 4 is 26.4 Å². The number of aliphatic hydroxyl groups excluding tert-OH is 1. The van der Waals surface area contributed by atoms with Gasteiger partial charge in [-0.15, -0.1) is 0 Å². The summed E-state index contributed by atoms with van der Waals surface area (Å²) in [5.41, 5.74) is 1.90. The van der Waals surface area contributed by atoms with Crippen molar-refractivity contribution in [3.63, 3.8) is 0 Å². The third kappa shape index (κ3) is 3.99. The maximum absolute atomic E-state index is 12.7. The third-order valence-corrected chi connectivity index (χ3v) is 5.44. The predicted molar refractivity (Wildman–Crippen MR) is 98.9 cm³/mol. The first kappa shape index (κ1) is 23.8. The van der Waals surface area contributed by atoms with E-state index in [4.69, 9.17) is 0 Å². The molecule has 0 aliphatic carbocycles. The monoisotopic (exact) mass is 439 g/mol. The van der Waals surface area contributed by atoms with E-state index in [0.29, 0.717) is 11.3 Å². The van der Waals surface area contributed by atoms with E-state index in [9.17, 15) is 13.5 Å². The van der Waals surface area contributed by atoms with Gasteiger partial charge in [0.1, 0.15) is 10.6 Å². The van der Waals surface area contributed by atoms with E-state index in [1.807, 2.05) is 19.9 Å². The summed E-state index contributed by atoms with van der Waals surface area (Å²) >= 11 is 0. The molecule has 1 N–H and O–H groups in total. The van der Waals surface area contributed by atoms with Crippen LogP contribution >= 0.6 is 0 Å². The molecule has 1 aliphatic rings. The third-order valence-electron chi connectivity index (χ3n) is 3.60. The molecule has 0 bridgehead atoms. The summed E-state index contributed by atoms with van der Waals surface area (Å²) in [5, 5.41) is 14.6. The molecule has 0 spiro atoms. The standard InChI is InChI=1S/C14H15N3O3S.C2H6.CH3.Y/c1-9-6-4-5-7-10(9)14-13(18)12-11(8-16(2)15-12)17(3)21(14,19)20;1-2;;/h4-8,18H,1-3H3;1-2H3;1H3;/q;;-1;. The van der Waals surface area contributed by atoms with E-state index < -0.39 is 10.0 Å². The van der Waals surface area contributed by atoms with Crippen LogP contribution in [0.5, 0.6) is 0 Å². The summed E-state index contributed by atoms with van der Waals surface area (Å²) in [6.07, 6.45) is 1.57. The molecule has 2 aromatic rings. The van der Waals surface area contributed by atoms with Gasteiger partial charge in [0.25, 0.3) is 10.0 Å². The fourth-order valence-electron chi connectivity index (χ4n) is 2.47. The van der Waals surface area contributed by atoms with Crippen LogP contribution in [0.15, 0.2) is 30.5 Å². The maximum atomic E-state index is 12.7. The average Bonchev–Trinajstić information content (AvgIpc) is 2.91. The van der Waals surface area contributed by atoms with Crippen LogP contribution in [0.2, 0.25) is 0 Å². The number of aryl methyl sites for hydroxylation is 2. The number of hydrogen-bond donors (Lipinski definition) is 1. The Hall–Kier alpha value is -1.18. The summed E-state index contributed by atoms with van der Waals surface area (Å²) in [7, 11) is -0.678. The van der Waals surface area contributed by atoms with Crippen LogP contribution in [0.4, 0.5) is 5.69 Å². The number of benzene rings is 1. The van der Waals surface area contributed by atoms with Gasteiger partial charge in [0.15, 0.2) is 11.5 Å². The molecule has 3 rings (SSSR count). The zero-order valence-corrected chi connectivity index (χ0v) is 19.1. The Balaban J connectivity index is 0.00000139. The van der Waals surface area contributed by atoms with Gasteiger partial charge in [-0.1, -0.05) is 38.1 Å². The molecule has 135 valence electrons. The Morgan fingerprint density at radius 3 is 2.24 bits per heavy atom. The number of nitrogens with zero attached hydrogens (tertiary/aromatic N) is 3. The molecule has 6 nitrogen and oxygen atoms in total. The molecule has 8 heteroatoms. The SMILES string of the molecule is CC.Cc1ccccc1C1=C(O)c2nn(C)cc2N(C)S1(=O)=O.[CH3-].[Y]. The van der Waals surface area contributed by atoms with Gasteiger partial charge < -0.3 is 12.5 Å². The fourth-order valence-corrected chi connectivity index (χ4v) is 3.98. The number of aromatic nitrogens is 2. The molecule has 25 heavy (non-hydrogen) atoms. The number of anilines is 1. The smallest absolute Gasteiger partial charge is 0.268 e. The Morgan fingerprint density at radius 2 is 1.68 bits per heavy atom. The van der Waals surface area contributed by atoms with Crippen LogP contribution in [-0.2, 0) is 49.8 Å². The van der Waals surface area contributed by atoms with Crippen LogP contribution in [0.25, 0.3) is 10.7 Å². The number of aliphatic hydroxyl groups is 1. The molecule has 0 fully saturated rings. The maximum Gasteiger partial charge on any atom is 0.268 e. The summed E-state index contributed by atoms with van der Waals surface area (Å²) in [6, 6.07) is 7.05. The van der Waals surface area contributed by atoms with E-state index in [-0.39, 0.29) is 56.5 Å². The second kappa shape index (κ2) is 8.96. The second-order valence-electron chi connectivity index (χ2n) is 5.00. The second-order valence-corrected chi connectivity index (χ2v) is 6.91. The van der Waals surface area contributed by atoms with Crippen LogP contribution in [-0.4, -0.2) is 30.4 Å². The average molecular weight is 439 g/mol. The van der Waals surface area contributed by atoms with Crippen molar-refractivity contribution in [3.8, 4) is 0 Å². The molecular weight excluding hydrogens is 415 g/mol. The van der Waals surface area contributed by atoms with Gasteiger partial charge in [-0.25, -0.2) is 8.42 Å². The molecule has 1 aliphatic heterocycles. The Labute approximate surface area is 175 Å². The molecular formula is C17H24N3O3SY-. The van der Waals surface area contributed by atoms with Gasteiger partial charge >= 0.3 is 0 Å². The molecule has 1 aromatic heterocycles. The molecule has 2 heterocycles. The normalized spacial score (nSPS) is 14.5. The van der Waals surface area contributed by atoms with Crippen LogP contribution in [0, 0.1) is 14.4 Å². The van der Waals surface area contributed by atoms with Crippen molar-refractivity contribution in [1.29, 1.82) is 0 Å². The first-order valence-electron chi connectivity index (χ1n) is 7.36. The van der Waals surface area contributed by atoms with Crippen LogP contribution in [0.3, 0.4) is 0 Å². The minimum absolute atomic E-state index is 0. The van der Waals surface area contributed by atoms with Crippen LogP contribution in [0.1, 0.15) is 30.7 Å². The van der Waals surface area contributed by atoms with Crippen molar-refractivity contribution in [2.24, 2.45) is 7.05 Å². The van der Waals surface area contributed by atoms with E-state index >= 15 is 0 Å². The minimum Gasteiger partial charge on any atom is -0.504 e. The van der Waals surface area contributed by atoms with E-state index in [2.05, 4.69) is 5.10 Å². The van der Waals surface area contributed by atoms with Crippen molar-refractivity contribution in [1.82, 2.24) is 9.78 Å². The summed E-state index contributed by atoms with van der Waals surface area (Å²) in [6.45, 7) is 5.80. The molecule has 1 aromatic carbocycles. The zero-order chi connectivity index (χ0) is 17.4. The number of rotatable bonds is 1. The summed E-state index contributed by atoms with van der Waals surface area (Å²) in [5.74, 6) is -0.307. The van der Waals surface area contributed by atoms with E-state index in [1.165, 1.54) is 11.7 Å². The van der Waals surface area contributed by atoms with E-state index in [0.717, 1.165) is 9.87 Å². The van der Waals surface area contributed by atoms with Crippen molar-refractivity contribution in [2.45, 2.75) is 20.8 Å². The van der Waals surface area contributed by atoms with Crippen molar-refractivity contribution < 1.29 is 46.2 Å². The molecule has 0 unspecified atom stereocenters. The van der Waals surface area contributed by atoms with Gasteiger partial charge in [0.05, 0.1) is 0 Å². The number of hydrogen-bond acceptors (Lipinski definition) is 4. The molecule has 1 radical (unpaired) electrons. The summed E-state index contributed by atoms with van der Waals surface area (Å²) < 4.78 is 28.1. The number of fused-ring (bicyclic) bond motifs is 1. The predicted octanol–water partition coefficient (Wildman–Crippen LogP) is 3.37. The first-order chi connectivity index (χ1) is 10.8. The largest absolute Gasteiger partial charge is 0.504 e. The van der Waals surface area contributed by atoms with Gasteiger partial charge in [-0.3, -0.25) is 8.99 Å². The minimum atomic E-state index is -3.82. The Morgan fingerprint density at radius 1 is 1.12 bits per heavy atom. The molecule has 0 saturated carbocycles. The Kier molecular flexibility index (Phi) is 8.54. The fraction of sp³-hybridized carbons (Fsp3) is 0.294. The topological polar surface area (TPSA) is 75.4 Å². The van der Waals surface area contributed by atoms with Crippen LogP contribution < -0.4 is 4.31 Å². The quantitative estimate of drug-likeness (QED) is 0.692. The molecule has 0 amide bonds. The van der Waals surface area contributed by atoms with Crippen molar-refractivity contribution in [3.05, 3.63) is 54.7 Å². The van der Waals surface area contributed by atoms with E-state index in [1.54, 1.807) is 38.4 Å². The van der Waals surface area contributed by atoms with Gasteiger partial charge in [-0.2, -0.15) is 5.10 Å². The molecule has 0 saturated heterocycles. The Bertz CT molecular complexity index is 873. The van der Waals surface area contributed by atoms with Crippen molar-refractivity contribution in [2.75, 3.05) is 11.4 Å².